The largest absolute Gasteiger partial charge is 3.00 e. The van der Waals surface area contributed by atoms with Crippen LogP contribution in [0.5, 0.6) is 0 Å². The molecular formula is C12H17Cl2Zr. The van der Waals surface area contributed by atoms with E-state index in [-0.39, 0.29) is 51.0 Å². The van der Waals surface area contributed by atoms with Gasteiger partial charge in [0.25, 0.3) is 0 Å². The molecule has 0 aromatic rings. The molecule has 15 heavy (non-hydrogen) atoms. The summed E-state index contributed by atoms with van der Waals surface area (Å²) in [7, 11) is 0. The Hall–Kier alpha value is 0.813. The predicted octanol–water partition coefficient (Wildman–Crippen LogP) is -2.48. The molecule has 2 rings (SSSR count). The van der Waals surface area contributed by atoms with E-state index in [2.05, 4.69) is 32.1 Å². The van der Waals surface area contributed by atoms with Gasteiger partial charge in [0.1, 0.15) is 0 Å². The van der Waals surface area contributed by atoms with Crippen LogP contribution in [0, 0.1) is 17.8 Å². The van der Waals surface area contributed by atoms with Crippen LogP contribution in [0.3, 0.4) is 0 Å². The molecule has 1 radical (unpaired) electrons. The molecule has 0 bridgehead atoms. The summed E-state index contributed by atoms with van der Waals surface area (Å²) < 4.78 is 0. The smallest absolute Gasteiger partial charge is 1.00 e. The molecular weight excluding hydrogens is 306 g/mol. The predicted molar refractivity (Wildman–Crippen MR) is 52.6 cm³/mol. The fourth-order valence-corrected chi connectivity index (χ4v) is 2.42. The molecule has 1 saturated carbocycles. The van der Waals surface area contributed by atoms with Crippen LogP contribution in [-0.4, -0.2) is 0 Å². The van der Waals surface area contributed by atoms with Crippen molar-refractivity contribution in [1.82, 2.24) is 0 Å². The Labute approximate surface area is 125 Å². The van der Waals surface area contributed by atoms with Crippen LogP contribution in [0.2, 0.25) is 0 Å². The van der Waals surface area contributed by atoms with Gasteiger partial charge in [-0.1, -0.05) is 32.6 Å². The van der Waals surface area contributed by atoms with E-state index in [9.17, 15) is 0 Å². The van der Waals surface area contributed by atoms with E-state index in [1.165, 1.54) is 19.3 Å². The first kappa shape index (κ1) is 18.2. The minimum atomic E-state index is 0. The van der Waals surface area contributed by atoms with Gasteiger partial charge in [0.2, 0.25) is 0 Å². The van der Waals surface area contributed by atoms with Crippen molar-refractivity contribution in [2.75, 3.05) is 0 Å². The molecule has 0 nitrogen and oxygen atoms in total. The fourth-order valence-electron chi connectivity index (χ4n) is 2.42. The minimum absolute atomic E-state index is 0. The fraction of sp³-hybridized carbons (Fsp3) is 0.583. The molecule has 2 aliphatic rings. The van der Waals surface area contributed by atoms with E-state index in [1.54, 1.807) is 11.5 Å². The van der Waals surface area contributed by atoms with Gasteiger partial charge < -0.3 is 24.8 Å². The third kappa shape index (κ3) is 3.95. The van der Waals surface area contributed by atoms with Crippen LogP contribution >= 0.6 is 0 Å². The molecule has 0 spiro atoms. The molecule has 1 atom stereocenters. The number of allylic oxidation sites excluding steroid dienone is 4. The number of halogens is 2. The van der Waals surface area contributed by atoms with Crippen LogP contribution in [0.25, 0.3) is 0 Å². The molecule has 83 valence electrons. The summed E-state index contributed by atoms with van der Waals surface area (Å²) in [4.78, 5) is 0. The van der Waals surface area contributed by atoms with Crippen molar-refractivity contribution in [3.05, 3.63) is 29.7 Å². The van der Waals surface area contributed by atoms with Gasteiger partial charge in [0, 0.05) is 0 Å². The molecule has 0 aromatic carbocycles. The molecule has 1 unspecified atom stereocenters. The number of fused-ring (bicyclic) bond motifs is 1. The van der Waals surface area contributed by atoms with Crippen molar-refractivity contribution < 1.29 is 51.0 Å². The molecule has 3 heteroatoms. The third-order valence-electron chi connectivity index (χ3n) is 3.10. The second-order valence-electron chi connectivity index (χ2n) is 4.20. The second-order valence-corrected chi connectivity index (χ2v) is 4.20. The standard InChI is InChI=1S/C12H17.2ClH.Zr/c1-9(2)11-8-7-10-5-3-4-6-12(10)11;;;/h3-4,6,9-10H,5,7-8H2,1-2H3;2*1H;/q-1;;;+3/p-2. The van der Waals surface area contributed by atoms with E-state index in [4.69, 9.17) is 0 Å². The number of hydrogen-bond donors (Lipinski definition) is 0. The third-order valence-corrected chi connectivity index (χ3v) is 3.10. The van der Waals surface area contributed by atoms with Gasteiger partial charge in [-0.25, -0.2) is 17.6 Å². The van der Waals surface area contributed by atoms with Crippen LogP contribution in [-0.2, 0) is 26.2 Å². The second kappa shape index (κ2) is 7.99. The molecule has 1 fully saturated rings. The van der Waals surface area contributed by atoms with Crippen molar-refractivity contribution in [2.24, 2.45) is 11.8 Å². The van der Waals surface area contributed by atoms with Gasteiger partial charge in [-0.15, -0.1) is 12.2 Å². The maximum Gasteiger partial charge on any atom is 3.00 e. The van der Waals surface area contributed by atoms with Crippen molar-refractivity contribution in [1.29, 1.82) is 0 Å². The van der Waals surface area contributed by atoms with E-state index >= 15 is 0 Å². The van der Waals surface area contributed by atoms with Crippen molar-refractivity contribution in [3.8, 4) is 0 Å². The zero-order valence-electron chi connectivity index (χ0n) is 9.26. The summed E-state index contributed by atoms with van der Waals surface area (Å²) in [6, 6.07) is 0. The van der Waals surface area contributed by atoms with Crippen LogP contribution in [0.1, 0.15) is 33.1 Å². The zero-order valence-corrected chi connectivity index (χ0v) is 13.2. The average Bonchev–Trinajstić information content (AvgIpc) is 2.47. The SMILES string of the molecule is CC(C)[C-]1CCC2CC=CC=C12.[Cl-].[Cl-].[Zr+3]. The molecule has 0 N–H and O–H groups in total. The summed E-state index contributed by atoms with van der Waals surface area (Å²) in [5.74, 6) is 3.34. The van der Waals surface area contributed by atoms with Crippen molar-refractivity contribution >= 4 is 0 Å². The zero-order chi connectivity index (χ0) is 8.55. The Kier molecular flexibility index (Phi) is 9.68. The van der Waals surface area contributed by atoms with Gasteiger partial charge in [-0.2, -0.15) is 0 Å². The van der Waals surface area contributed by atoms with Gasteiger partial charge >= 0.3 is 26.2 Å². The molecule has 0 amide bonds. The van der Waals surface area contributed by atoms with Crippen LogP contribution in [0.15, 0.2) is 23.8 Å². The minimum Gasteiger partial charge on any atom is -1.00 e. The van der Waals surface area contributed by atoms with E-state index < -0.39 is 0 Å². The Morgan fingerprint density at radius 2 is 2.00 bits per heavy atom. The first-order chi connectivity index (χ1) is 5.79. The van der Waals surface area contributed by atoms with Crippen LogP contribution in [0.4, 0.5) is 0 Å². The quantitative estimate of drug-likeness (QED) is 0.469. The maximum atomic E-state index is 2.33. The normalized spacial score (nSPS) is 22.2. The maximum absolute atomic E-state index is 2.33. The monoisotopic (exact) mass is 321 g/mol. The van der Waals surface area contributed by atoms with Crippen LogP contribution < -0.4 is 24.8 Å². The summed E-state index contributed by atoms with van der Waals surface area (Å²) in [6.07, 6.45) is 10.9. The van der Waals surface area contributed by atoms with Gasteiger partial charge in [-0.05, 0) is 12.3 Å². The first-order valence-corrected chi connectivity index (χ1v) is 5.02. The summed E-state index contributed by atoms with van der Waals surface area (Å²) in [5.41, 5.74) is 1.66. The molecule has 0 aromatic heterocycles. The van der Waals surface area contributed by atoms with E-state index in [0.29, 0.717) is 0 Å². The summed E-state index contributed by atoms with van der Waals surface area (Å²) >= 11 is 0. The molecule has 0 saturated heterocycles. The molecule has 2 aliphatic carbocycles. The van der Waals surface area contributed by atoms with E-state index in [0.717, 1.165) is 11.8 Å². The Bertz CT molecular complexity index is 234. The van der Waals surface area contributed by atoms with Crippen molar-refractivity contribution in [3.63, 3.8) is 0 Å². The number of rotatable bonds is 1. The number of hydrogen-bond acceptors (Lipinski definition) is 0. The average molecular weight is 323 g/mol. The van der Waals surface area contributed by atoms with Gasteiger partial charge in [0.05, 0.1) is 0 Å². The van der Waals surface area contributed by atoms with E-state index in [1.807, 2.05) is 0 Å². The van der Waals surface area contributed by atoms with Gasteiger partial charge in [0.15, 0.2) is 0 Å². The van der Waals surface area contributed by atoms with Crippen molar-refractivity contribution in [2.45, 2.75) is 33.1 Å². The molecule has 0 heterocycles. The summed E-state index contributed by atoms with van der Waals surface area (Å²) in [6.45, 7) is 4.63. The molecule has 0 aliphatic heterocycles. The Balaban J connectivity index is 0. The van der Waals surface area contributed by atoms with Gasteiger partial charge in [-0.3, -0.25) is 0 Å². The summed E-state index contributed by atoms with van der Waals surface area (Å²) in [5, 5.41) is 0. The first-order valence-electron chi connectivity index (χ1n) is 5.02. The Morgan fingerprint density at radius 3 is 2.60 bits per heavy atom. The topological polar surface area (TPSA) is 0 Å². The Morgan fingerprint density at radius 1 is 1.33 bits per heavy atom.